The van der Waals surface area contributed by atoms with Crippen molar-refractivity contribution in [2.24, 2.45) is 5.73 Å². The Bertz CT molecular complexity index is 329. The van der Waals surface area contributed by atoms with Crippen LogP contribution in [0.15, 0.2) is 0 Å². The van der Waals surface area contributed by atoms with Crippen molar-refractivity contribution in [2.75, 3.05) is 18.4 Å². The van der Waals surface area contributed by atoms with Gasteiger partial charge in [0.2, 0.25) is 0 Å². The molecule has 2 rings (SSSR count). The third kappa shape index (κ3) is 1.30. The molecule has 4 nitrogen and oxygen atoms in total. The highest BCUT2D eigenvalue weighted by atomic mass is 15.4. The zero-order valence-electron chi connectivity index (χ0n) is 8.88. The average molecular weight is 194 g/mol. The van der Waals surface area contributed by atoms with Crippen molar-refractivity contribution >= 4 is 5.82 Å². The molecule has 0 saturated carbocycles. The van der Waals surface area contributed by atoms with Crippen LogP contribution in [0.2, 0.25) is 0 Å². The maximum Gasteiger partial charge on any atom is 0.127 e. The Morgan fingerprint density at radius 3 is 3.07 bits per heavy atom. The van der Waals surface area contributed by atoms with E-state index in [4.69, 9.17) is 5.73 Å². The number of nitrogens with two attached hydrogens (primary N) is 1. The molecule has 0 spiro atoms. The summed E-state index contributed by atoms with van der Waals surface area (Å²) in [4.78, 5) is 0. The van der Waals surface area contributed by atoms with Gasteiger partial charge in [-0.3, -0.25) is 0 Å². The summed E-state index contributed by atoms with van der Waals surface area (Å²) in [5.74, 6) is 1.17. The third-order valence-electron chi connectivity index (χ3n) is 2.97. The lowest BCUT2D eigenvalue weighted by Crippen LogP contribution is -2.29. The Hall–Kier alpha value is -1.03. The predicted molar refractivity (Wildman–Crippen MR) is 57.5 cm³/mol. The number of anilines is 1. The second-order valence-corrected chi connectivity index (χ2v) is 3.82. The van der Waals surface area contributed by atoms with Crippen LogP contribution in [0.5, 0.6) is 0 Å². The van der Waals surface area contributed by atoms with Crippen molar-refractivity contribution in [1.82, 2.24) is 9.78 Å². The smallest absolute Gasteiger partial charge is 0.127 e. The van der Waals surface area contributed by atoms with Crippen molar-refractivity contribution in [3.8, 4) is 0 Å². The van der Waals surface area contributed by atoms with Crippen LogP contribution in [0.25, 0.3) is 0 Å². The highest BCUT2D eigenvalue weighted by Gasteiger charge is 2.22. The molecule has 1 aliphatic rings. The van der Waals surface area contributed by atoms with Gasteiger partial charge in [0.25, 0.3) is 0 Å². The van der Waals surface area contributed by atoms with Crippen LogP contribution in [-0.2, 0) is 6.42 Å². The SMILES string of the molecule is CCc1nn2c(c1C)NCCC2CN. The first-order valence-electron chi connectivity index (χ1n) is 5.29. The normalized spacial score (nSPS) is 20.4. The summed E-state index contributed by atoms with van der Waals surface area (Å²) >= 11 is 0. The maximum atomic E-state index is 5.73. The summed E-state index contributed by atoms with van der Waals surface area (Å²) in [6.07, 6.45) is 2.07. The molecule has 0 fully saturated rings. The second-order valence-electron chi connectivity index (χ2n) is 3.82. The van der Waals surface area contributed by atoms with E-state index in [0.29, 0.717) is 12.6 Å². The summed E-state index contributed by atoms with van der Waals surface area (Å²) in [5.41, 5.74) is 8.20. The van der Waals surface area contributed by atoms with E-state index in [0.717, 1.165) is 19.4 Å². The maximum absolute atomic E-state index is 5.73. The molecular weight excluding hydrogens is 176 g/mol. The van der Waals surface area contributed by atoms with Gasteiger partial charge < -0.3 is 11.1 Å². The van der Waals surface area contributed by atoms with Crippen LogP contribution < -0.4 is 11.1 Å². The van der Waals surface area contributed by atoms with E-state index < -0.39 is 0 Å². The van der Waals surface area contributed by atoms with Crippen molar-refractivity contribution < 1.29 is 0 Å². The lowest BCUT2D eigenvalue weighted by atomic mass is 10.1. The van der Waals surface area contributed by atoms with Gasteiger partial charge in [-0.05, 0) is 19.8 Å². The number of nitrogens with zero attached hydrogens (tertiary/aromatic N) is 2. The predicted octanol–water partition coefficient (Wildman–Crippen LogP) is 1.07. The molecule has 0 radical (unpaired) electrons. The lowest BCUT2D eigenvalue weighted by molar-refractivity contribution is 0.425. The Labute approximate surface area is 84.5 Å². The fraction of sp³-hybridized carbons (Fsp3) is 0.700. The zero-order chi connectivity index (χ0) is 10.1. The molecule has 1 aliphatic heterocycles. The van der Waals surface area contributed by atoms with Crippen LogP contribution in [0.4, 0.5) is 5.82 Å². The Morgan fingerprint density at radius 1 is 1.64 bits per heavy atom. The monoisotopic (exact) mass is 194 g/mol. The van der Waals surface area contributed by atoms with Gasteiger partial charge in [0.1, 0.15) is 5.82 Å². The van der Waals surface area contributed by atoms with E-state index in [1.54, 1.807) is 0 Å². The topological polar surface area (TPSA) is 55.9 Å². The van der Waals surface area contributed by atoms with E-state index in [1.165, 1.54) is 17.1 Å². The number of aryl methyl sites for hydroxylation is 1. The number of aromatic nitrogens is 2. The molecule has 1 unspecified atom stereocenters. The first-order valence-corrected chi connectivity index (χ1v) is 5.29. The molecule has 1 aromatic rings. The quantitative estimate of drug-likeness (QED) is 0.740. The van der Waals surface area contributed by atoms with E-state index in [1.807, 2.05) is 0 Å². The Balaban J connectivity index is 2.43. The van der Waals surface area contributed by atoms with Gasteiger partial charge in [0, 0.05) is 18.7 Å². The minimum absolute atomic E-state index is 0.380. The van der Waals surface area contributed by atoms with Crippen molar-refractivity contribution in [3.05, 3.63) is 11.3 Å². The lowest BCUT2D eigenvalue weighted by Gasteiger charge is -2.24. The van der Waals surface area contributed by atoms with Gasteiger partial charge in [-0.15, -0.1) is 0 Å². The number of hydrogen-bond acceptors (Lipinski definition) is 3. The van der Waals surface area contributed by atoms with Crippen LogP contribution in [0.3, 0.4) is 0 Å². The highest BCUT2D eigenvalue weighted by Crippen LogP contribution is 2.27. The third-order valence-corrected chi connectivity index (χ3v) is 2.97. The van der Waals surface area contributed by atoms with Crippen molar-refractivity contribution in [3.63, 3.8) is 0 Å². The van der Waals surface area contributed by atoms with Crippen LogP contribution in [0.1, 0.15) is 30.6 Å². The van der Waals surface area contributed by atoms with Crippen LogP contribution >= 0.6 is 0 Å². The molecule has 0 aromatic carbocycles. The molecule has 3 N–H and O–H groups in total. The van der Waals surface area contributed by atoms with Crippen molar-refractivity contribution in [2.45, 2.75) is 32.7 Å². The van der Waals surface area contributed by atoms with Gasteiger partial charge in [-0.1, -0.05) is 6.92 Å². The average Bonchev–Trinajstić information content (AvgIpc) is 2.55. The van der Waals surface area contributed by atoms with Gasteiger partial charge in [0.15, 0.2) is 0 Å². The molecular formula is C10H18N4. The number of hydrogen-bond donors (Lipinski definition) is 2. The molecule has 0 saturated heterocycles. The molecule has 78 valence electrons. The van der Waals surface area contributed by atoms with Gasteiger partial charge in [0.05, 0.1) is 11.7 Å². The van der Waals surface area contributed by atoms with Crippen molar-refractivity contribution in [1.29, 1.82) is 0 Å². The molecule has 0 bridgehead atoms. The zero-order valence-corrected chi connectivity index (χ0v) is 8.88. The first-order chi connectivity index (χ1) is 6.77. The minimum Gasteiger partial charge on any atom is -0.370 e. The van der Waals surface area contributed by atoms with E-state index in [2.05, 4.69) is 28.9 Å². The van der Waals surface area contributed by atoms with Crippen LogP contribution in [-0.4, -0.2) is 22.9 Å². The summed E-state index contributed by atoms with van der Waals surface area (Å²) in [6, 6.07) is 0.380. The summed E-state index contributed by atoms with van der Waals surface area (Å²) < 4.78 is 2.07. The molecule has 0 aliphatic carbocycles. The van der Waals surface area contributed by atoms with E-state index in [-0.39, 0.29) is 0 Å². The van der Waals surface area contributed by atoms with E-state index >= 15 is 0 Å². The highest BCUT2D eigenvalue weighted by molar-refractivity contribution is 5.48. The molecule has 1 atom stereocenters. The molecule has 2 heterocycles. The van der Waals surface area contributed by atoms with Gasteiger partial charge in [-0.25, -0.2) is 4.68 Å². The summed E-state index contributed by atoms with van der Waals surface area (Å²) in [7, 11) is 0. The molecule has 1 aromatic heterocycles. The minimum atomic E-state index is 0.380. The molecule has 4 heteroatoms. The fourth-order valence-electron chi connectivity index (χ4n) is 2.07. The summed E-state index contributed by atoms with van der Waals surface area (Å²) in [6.45, 7) is 5.96. The number of nitrogens with one attached hydrogen (secondary N) is 1. The standard InChI is InChI=1S/C10H18N4/c1-3-9-7(2)10-12-5-4-8(6-11)14(10)13-9/h8,12H,3-6,11H2,1-2H3. The number of rotatable bonds is 2. The molecule has 0 amide bonds. The Kier molecular flexibility index (Phi) is 2.46. The largest absolute Gasteiger partial charge is 0.370 e. The van der Waals surface area contributed by atoms with Crippen LogP contribution in [0, 0.1) is 6.92 Å². The summed E-state index contributed by atoms with van der Waals surface area (Å²) in [5, 5.41) is 7.99. The van der Waals surface area contributed by atoms with E-state index in [9.17, 15) is 0 Å². The van der Waals surface area contributed by atoms with Gasteiger partial charge in [-0.2, -0.15) is 5.10 Å². The van der Waals surface area contributed by atoms with Gasteiger partial charge >= 0.3 is 0 Å². The Morgan fingerprint density at radius 2 is 2.43 bits per heavy atom. The molecule has 14 heavy (non-hydrogen) atoms. The first kappa shape index (κ1) is 9.52. The fourth-order valence-corrected chi connectivity index (χ4v) is 2.07. The number of fused-ring (bicyclic) bond motifs is 1. The second kappa shape index (κ2) is 3.61.